The Morgan fingerprint density at radius 1 is 1.10 bits per heavy atom. The van der Waals surface area contributed by atoms with Crippen LogP contribution in [0.5, 0.6) is 0 Å². The van der Waals surface area contributed by atoms with Gasteiger partial charge >= 0.3 is 0 Å². The highest BCUT2D eigenvalue weighted by atomic mass is 16.1. The van der Waals surface area contributed by atoms with Gasteiger partial charge in [-0.3, -0.25) is 9.59 Å². The molecular formula is C19H26O2. The van der Waals surface area contributed by atoms with Crippen molar-refractivity contribution in [2.24, 2.45) is 34.5 Å². The minimum absolute atomic E-state index is 0.154. The fourth-order valence-corrected chi connectivity index (χ4v) is 6.44. The second kappa shape index (κ2) is 4.30. The number of ketones is 2. The van der Waals surface area contributed by atoms with Gasteiger partial charge < -0.3 is 0 Å². The lowest BCUT2D eigenvalue weighted by atomic mass is 9.45. The van der Waals surface area contributed by atoms with E-state index in [1.54, 1.807) is 0 Å². The minimum atomic E-state index is -0.327. The van der Waals surface area contributed by atoms with Gasteiger partial charge in [-0.1, -0.05) is 26.0 Å². The molecule has 0 spiro atoms. The number of carbonyl (C=O) groups is 2. The average molecular weight is 286 g/mol. The molecule has 0 aromatic rings. The van der Waals surface area contributed by atoms with Gasteiger partial charge in [0.2, 0.25) is 0 Å². The molecule has 0 heterocycles. The molecule has 0 bridgehead atoms. The lowest BCUT2D eigenvalue weighted by Gasteiger charge is -2.57. The Kier molecular flexibility index (Phi) is 2.81. The van der Waals surface area contributed by atoms with Crippen molar-refractivity contribution in [3.63, 3.8) is 0 Å². The molecule has 0 aromatic carbocycles. The summed E-state index contributed by atoms with van der Waals surface area (Å²) in [5.74, 6) is 2.58. The van der Waals surface area contributed by atoms with Crippen LogP contribution in [0.3, 0.4) is 0 Å². The molecule has 2 nitrogen and oxygen atoms in total. The van der Waals surface area contributed by atoms with E-state index in [0.29, 0.717) is 42.2 Å². The van der Waals surface area contributed by atoms with E-state index in [4.69, 9.17) is 0 Å². The maximum atomic E-state index is 13.0. The van der Waals surface area contributed by atoms with Crippen LogP contribution in [0, 0.1) is 34.5 Å². The normalized spacial score (nSPS) is 52.3. The van der Waals surface area contributed by atoms with Gasteiger partial charge in [-0.15, -0.1) is 0 Å². The van der Waals surface area contributed by atoms with Crippen LogP contribution < -0.4 is 0 Å². The lowest BCUT2D eigenvalue weighted by Crippen LogP contribution is -2.56. The van der Waals surface area contributed by atoms with Gasteiger partial charge in [0.15, 0.2) is 0 Å². The van der Waals surface area contributed by atoms with Gasteiger partial charge in [-0.05, 0) is 55.3 Å². The van der Waals surface area contributed by atoms with Crippen molar-refractivity contribution < 1.29 is 9.59 Å². The second-order valence-electron chi connectivity index (χ2n) is 8.46. The van der Waals surface area contributed by atoms with Gasteiger partial charge in [-0.25, -0.2) is 0 Å². The van der Waals surface area contributed by atoms with Crippen LogP contribution in [0.4, 0.5) is 0 Å². The zero-order valence-electron chi connectivity index (χ0n) is 13.2. The number of rotatable bonds is 0. The molecule has 6 atom stereocenters. The Balaban J connectivity index is 1.75. The molecule has 3 fully saturated rings. The first-order valence-corrected chi connectivity index (χ1v) is 8.68. The SMILES string of the molecule is C[C@]12CC=CCC1CC[C@@H]1[C@@H]2C(=O)C[C@]2(C)C(=O)CC[C@@H]12. The first kappa shape index (κ1) is 13.7. The maximum absolute atomic E-state index is 13.0. The summed E-state index contributed by atoms with van der Waals surface area (Å²) in [6, 6.07) is 0. The predicted molar refractivity (Wildman–Crippen MR) is 81.6 cm³/mol. The van der Waals surface area contributed by atoms with E-state index in [1.807, 2.05) is 0 Å². The third-order valence-electron chi connectivity index (χ3n) is 7.61. The van der Waals surface area contributed by atoms with Crippen molar-refractivity contribution in [1.29, 1.82) is 0 Å². The molecule has 21 heavy (non-hydrogen) atoms. The molecule has 0 saturated heterocycles. The molecule has 3 saturated carbocycles. The second-order valence-corrected chi connectivity index (χ2v) is 8.46. The Labute approximate surface area is 127 Å². The van der Waals surface area contributed by atoms with Gasteiger partial charge in [-0.2, -0.15) is 0 Å². The molecule has 0 amide bonds. The number of hydrogen-bond donors (Lipinski definition) is 0. The topological polar surface area (TPSA) is 34.1 Å². The van der Waals surface area contributed by atoms with E-state index in [0.717, 1.165) is 25.7 Å². The van der Waals surface area contributed by atoms with E-state index in [-0.39, 0.29) is 16.7 Å². The molecule has 4 aliphatic rings. The highest BCUT2D eigenvalue weighted by Gasteiger charge is 2.62. The summed E-state index contributed by atoms with van der Waals surface area (Å²) >= 11 is 0. The largest absolute Gasteiger partial charge is 0.299 e. The standard InChI is InChI=1S/C19H26O2/c1-18-10-4-3-5-12(18)6-7-13-14-8-9-16(21)19(14,2)11-15(20)17(13)18/h3-4,12-14,17H,5-11H2,1-2H3/t12?,13-,14-,17+,18-,19-/m0/s1. The molecule has 0 aromatic heterocycles. The molecule has 0 radical (unpaired) electrons. The van der Waals surface area contributed by atoms with Crippen LogP contribution in [-0.4, -0.2) is 11.6 Å². The lowest BCUT2D eigenvalue weighted by molar-refractivity contribution is -0.156. The summed E-state index contributed by atoms with van der Waals surface area (Å²) < 4.78 is 0. The number of hydrogen-bond acceptors (Lipinski definition) is 2. The smallest absolute Gasteiger partial charge is 0.139 e. The fraction of sp³-hybridized carbons (Fsp3) is 0.789. The van der Waals surface area contributed by atoms with Crippen molar-refractivity contribution in [2.45, 2.75) is 58.8 Å². The average Bonchev–Trinajstić information content (AvgIpc) is 2.73. The summed E-state index contributed by atoms with van der Waals surface area (Å²) in [4.78, 5) is 25.4. The zero-order chi connectivity index (χ0) is 14.8. The summed E-state index contributed by atoms with van der Waals surface area (Å²) in [6.45, 7) is 4.44. The Morgan fingerprint density at radius 3 is 2.71 bits per heavy atom. The third-order valence-corrected chi connectivity index (χ3v) is 7.61. The molecule has 0 N–H and O–H groups in total. The Bertz CT molecular complexity index is 534. The highest BCUT2D eigenvalue weighted by Crippen LogP contribution is 2.63. The van der Waals surface area contributed by atoms with Crippen molar-refractivity contribution in [2.75, 3.05) is 0 Å². The summed E-state index contributed by atoms with van der Waals surface area (Å²) in [7, 11) is 0. The van der Waals surface area contributed by atoms with Crippen molar-refractivity contribution >= 4 is 11.6 Å². The summed E-state index contributed by atoms with van der Waals surface area (Å²) in [6.07, 6.45) is 11.5. The van der Waals surface area contributed by atoms with Gasteiger partial charge in [0.05, 0.1) is 0 Å². The van der Waals surface area contributed by atoms with E-state index in [2.05, 4.69) is 26.0 Å². The summed E-state index contributed by atoms with van der Waals surface area (Å²) in [5.41, 5.74) is -0.173. The quantitative estimate of drug-likeness (QED) is 0.632. The van der Waals surface area contributed by atoms with Crippen LogP contribution >= 0.6 is 0 Å². The van der Waals surface area contributed by atoms with E-state index in [1.165, 1.54) is 6.42 Å². The number of fused-ring (bicyclic) bond motifs is 5. The van der Waals surface area contributed by atoms with Crippen molar-refractivity contribution in [3.8, 4) is 0 Å². The Hall–Kier alpha value is -0.920. The number of allylic oxidation sites excluding steroid dienone is 2. The van der Waals surface area contributed by atoms with Gasteiger partial charge in [0.1, 0.15) is 11.6 Å². The van der Waals surface area contributed by atoms with Crippen molar-refractivity contribution in [1.82, 2.24) is 0 Å². The van der Waals surface area contributed by atoms with E-state index >= 15 is 0 Å². The van der Waals surface area contributed by atoms with E-state index in [9.17, 15) is 9.59 Å². The highest BCUT2D eigenvalue weighted by molar-refractivity contribution is 5.95. The van der Waals surface area contributed by atoms with Gasteiger partial charge in [0, 0.05) is 24.2 Å². The minimum Gasteiger partial charge on any atom is -0.299 e. The Morgan fingerprint density at radius 2 is 1.90 bits per heavy atom. The van der Waals surface area contributed by atoms with Crippen LogP contribution in [0.1, 0.15) is 58.8 Å². The van der Waals surface area contributed by atoms with Crippen LogP contribution in [0.25, 0.3) is 0 Å². The first-order chi connectivity index (χ1) is 9.97. The number of carbonyl (C=O) groups excluding carboxylic acids is 2. The predicted octanol–water partition coefficient (Wildman–Crippen LogP) is 3.94. The molecule has 0 aliphatic heterocycles. The maximum Gasteiger partial charge on any atom is 0.139 e. The summed E-state index contributed by atoms with van der Waals surface area (Å²) in [5, 5.41) is 0. The molecule has 114 valence electrons. The van der Waals surface area contributed by atoms with E-state index < -0.39 is 0 Å². The number of Topliss-reactive ketones (excluding diaryl/α,β-unsaturated/α-hetero) is 2. The van der Waals surface area contributed by atoms with Crippen LogP contribution in [0.2, 0.25) is 0 Å². The monoisotopic (exact) mass is 286 g/mol. The third kappa shape index (κ3) is 1.65. The molecule has 1 unspecified atom stereocenters. The molecular weight excluding hydrogens is 260 g/mol. The molecule has 2 heteroatoms. The van der Waals surface area contributed by atoms with Crippen LogP contribution in [0.15, 0.2) is 12.2 Å². The molecule has 4 aliphatic carbocycles. The van der Waals surface area contributed by atoms with Gasteiger partial charge in [0.25, 0.3) is 0 Å². The van der Waals surface area contributed by atoms with Crippen LogP contribution in [-0.2, 0) is 9.59 Å². The first-order valence-electron chi connectivity index (χ1n) is 8.68. The fourth-order valence-electron chi connectivity index (χ4n) is 6.44. The zero-order valence-corrected chi connectivity index (χ0v) is 13.2. The van der Waals surface area contributed by atoms with Crippen molar-refractivity contribution in [3.05, 3.63) is 12.2 Å². The molecule has 4 rings (SSSR count).